The molecule has 1 unspecified atom stereocenters. The summed E-state index contributed by atoms with van der Waals surface area (Å²) in [7, 11) is 1.54. The number of hydrogen-bond donors (Lipinski definition) is 2. The number of nitrogens with one attached hydrogen (secondary N) is 2. The highest BCUT2D eigenvalue weighted by Gasteiger charge is 2.25. The molecule has 2 amide bonds. The fraction of sp³-hybridized carbons (Fsp3) is 0.350. The number of nitrogens with zero attached hydrogens (tertiary/aromatic N) is 1. The van der Waals surface area contributed by atoms with Gasteiger partial charge in [0.15, 0.2) is 0 Å². The molecule has 1 heterocycles. The number of rotatable bonds is 7. The van der Waals surface area contributed by atoms with Crippen molar-refractivity contribution in [3.05, 3.63) is 59.3 Å². The van der Waals surface area contributed by atoms with Crippen LogP contribution in [0, 0.1) is 12.8 Å². The van der Waals surface area contributed by atoms with Gasteiger partial charge in [0.05, 0.1) is 7.11 Å². The lowest BCUT2D eigenvalue weighted by Gasteiger charge is -2.22. The van der Waals surface area contributed by atoms with Crippen molar-refractivity contribution >= 4 is 11.8 Å². The molecular weight excluding hydrogens is 330 g/mol. The summed E-state index contributed by atoms with van der Waals surface area (Å²) in [6.45, 7) is 6.01. The topological polar surface area (TPSA) is 80.3 Å². The molecule has 0 saturated carbocycles. The Hall–Kier alpha value is -2.89. The zero-order valence-corrected chi connectivity index (χ0v) is 15.6. The highest BCUT2D eigenvalue weighted by atomic mass is 16.5. The minimum Gasteiger partial charge on any atom is -0.481 e. The van der Waals surface area contributed by atoms with Gasteiger partial charge in [-0.05, 0) is 36.1 Å². The van der Waals surface area contributed by atoms with Crippen LogP contribution in [0.4, 0.5) is 0 Å². The molecule has 1 atom stereocenters. The molecule has 0 saturated heterocycles. The first-order chi connectivity index (χ1) is 12.4. The standard InChI is InChI=1S/C20H25N3O3/c1-13(2)18(23-19(24)16-8-6-5-7-14(16)3)20(25)22-12-15-9-10-21-17(11-15)26-4/h5-11,13,18H,12H2,1-4H3,(H,22,25)(H,23,24). The van der Waals surface area contributed by atoms with Crippen LogP contribution in [0.1, 0.15) is 35.3 Å². The molecule has 0 spiro atoms. The third kappa shape index (κ3) is 5.05. The number of methoxy groups -OCH3 is 1. The monoisotopic (exact) mass is 355 g/mol. The number of hydrogen-bond acceptors (Lipinski definition) is 4. The van der Waals surface area contributed by atoms with Gasteiger partial charge in [-0.25, -0.2) is 4.98 Å². The highest BCUT2D eigenvalue weighted by Crippen LogP contribution is 2.11. The number of carbonyl (C=O) groups excluding carboxylic acids is 2. The predicted molar refractivity (Wildman–Crippen MR) is 99.9 cm³/mol. The van der Waals surface area contributed by atoms with Gasteiger partial charge in [-0.2, -0.15) is 0 Å². The molecule has 0 aliphatic rings. The second-order valence-corrected chi connectivity index (χ2v) is 6.43. The number of carbonyl (C=O) groups is 2. The Morgan fingerprint density at radius 3 is 2.58 bits per heavy atom. The zero-order valence-electron chi connectivity index (χ0n) is 15.6. The average molecular weight is 355 g/mol. The van der Waals surface area contributed by atoms with Gasteiger partial charge in [0, 0.05) is 24.4 Å². The number of aromatic nitrogens is 1. The average Bonchev–Trinajstić information content (AvgIpc) is 2.64. The first kappa shape index (κ1) is 19.4. The molecule has 0 aliphatic heterocycles. The van der Waals surface area contributed by atoms with E-state index in [9.17, 15) is 9.59 Å². The number of amides is 2. The SMILES string of the molecule is COc1cc(CNC(=O)C(NC(=O)c2ccccc2C)C(C)C)ccn1. The molecule has 0 fully saturated rings. The van der Waals surface area contributed by atoms with E-state index in [1.54, 1.807) is 31.5 Å². The summed E-state index contributed by atoms with van der Waals surface area (Å²) in [5, 5.41) is 5.71. The van der Waals surface area contributed by atoms with Crippen molar-refractivity contribution in [3.63, 3.8) is 0 Å². The second kappa shape index (κ2) is 8.99. The summed E-state index contributed by atoms with van der Waals surface area (Å²) >= 11 is 0. The molecule has 2 aromatic rings. The molecule has 6 heteroatoms. The third-order valence-corrected chi connectivity index (χ3v) is 4.10. The zero-order chi connectivity index (χ0) is 19.1. The maximum atomic E-state index is 12.6. The fourth-order valence-electron chi connectivity index (χ4n) is 2.55. The third-order valence-electron chi connectivity index (χ3n) is 4.10. The normalized spacial score (nSPS) is 11.7. The Bertz CT molecular complexity index is 774. The van der Waals surface area contributed by atoms with Crippen molar-refractivity contribution in [2.75, 3.05) is 7.11 Å². The van der Waals surface area contributed by atoms with E-state index < -0.39 is 6.04 Å². The Morgan fingerprint density at radius 2 is 1.92 bits per heavy atom. The van der Waals surface area contributed by atoms with Crippen molar-refractivity contribution in [2.24, 2.45) is 5.92 Å². The number of ether oxygens (including phenoxy) is 1. The van der Waals surface area contributed by atoms with Crippen LogP contribution < -0.4 is 15.4 Å². The quantitative estimate of drug-likeness (QED) is 0.799. The van der Waals surface area contributed by atoms with E-state index in [1.807, 2.05) is 39.0 Å². The Labute approximate surface area is 154 Å². The summed E-state index contributed by atoms with van der Waals surface area (Å²) in [5.41, 5.74) is 2.32. The van der Waals surface area contributed by atoms with Crippen LogP contribution in [0.15, 0.2) is 42.6 Å². The molecule has 0 aliphatic carbocycles. The number of aryl methyl sites for hydroxylation is 1. The van der Waals surface area contributed by atoms with Crippen molar-refractivity contribution < 1.29 is 14.3 Å². The fourth-order valence-corrected chi connectivity index (χ4v) is 2.55. The summed E-state index contributed by atoms with van der Waals surface area (Å²) in [6.07, 6.45) is 1.63. The number of pyridine rings is 1. The first-order valence-electron chi connectivity index (χ1n) is 8.55. The van der Waals surface area contributed by atoms with Crippen molar-refractivity contribution in [2.45, 2.75) is 33.4 Å². The van der Waals surface area contributed by atoms with Crippen LogP contribution >= 0.6 is 0 Å². The smallest absolute Gasteiger partial charge is 0.252 e. The van der Waals surface area contributed by atoms with E-state index in [0.717, 1.165) is 11.1 Å². The molecule has 0 bridgehead atoms. The summed E-state index contributed by atoms with van der Waals surface area (Å²) in [5.74, 6) is -0.0276. The van der Waals surface area contributed by atoms with Gasteiger partial charge in [0.25, 0.3) is 5.91 Å². The molecule has 0 radical (unpaired) electrons. The molecule has 2 rings (SSSR count). The largest absolute Gasteiger partial charge is 0.481 e. The van der Waals surface area contributed by atoms with Crippen LogP contribution in [0.2, 0.25) is 0 Å². The molecule has 1 aromatic carbocycles. The lowest BCUT2D eigenvalue weighted by Crippen LogP contribution is -2.49. The lowest BCUT2D eigenvalue weighted by molar-refractivity contribution is -0.124. The van der Waals surface area contributed by atoms with Crippen LogP contribution in [0.5, 0.6) is 5.88 Å². The van der Waals surface area contributed by atoms with Gasteiger partial charge in [0.2, 0.25) is 11.8 Å². The van der Waals surface area contributed by atoms with Gasteiger partial charge in [-0.15, -0.1) is 0 Å². The predicted octanol–water partition coefficient (Wildman–Crippen LogP) is 2.47. The van der Waals surface area contributed by atoms with E-state index in [-0.39, 0.29) is 17.7 Å². The molecular formula is C20H25N3O3. The minimum atomic E-state index is -0.620. The van der Waals surface area contributed by atoms with Crippen molar-refractivity contribution in [1.29, 1.82) is 0 Å². The van der Waals surface area contributed by atoms with Crippen LogP contribution in [-0.2, 0) is 11.3 Å². The summed E-state index contributed by atoms with van der Waals surface area (Å²) in [4.78, 5) is 29.2. The first-order valence-corrected chi connectivity index (χ1v) is 8.55. The van der Waals surface area contributed by atoms with E-state index >= 15 is 0 Å². The molecule has 2 N–H and O–H groups in total. The second-order valence-electron chi connectivity index (χ2n) is 6.43. The molecule has 6 nitrogen and oxygen atoms in total. The van der Waals surface area contributed by atoms with Crippen LogP contribution in [0.25, 0.3) is 0 Å². The van der Waals surface area contributed by atoms with Gasteiger partial charge in [-0.3, -0.25) is 9.59 Å². The van der Waals surface area contributed by atoms with Crippen LogP contribution in [0.3, 0.4) is 0 Å². The van der Waals surface area contributed by atoms with E-state index in [2.05, 4.69) is 15.6 Å². The minimum absolute atomic E-state index is 0.0463. The Morgan fingerprint density at radius 1 is 1.19 bits per heavy atom. The lowest BCUT2D eigenvalue weighted by atomic mass is 10.0. The molecule has 1 aromatic heterocycles. The van der Waals surface area contributed by atoms with Crippen molar-refractivity contribution in [3.8, 4) is 5.88 Å². The van der Waals surface area contributed by atoms with Crippen LogP contribution in [-0.4, -0.2) is 29.9 Å². The maximum absolute atomic E-state index is 12.6. The van der Waals surface area contributed by atoms with Gasteiger partial charge in [0.1, 0.15) is 6.04 Å². The Kier molecular flexibility index (Phi) is 6.72. The maximum Gasteiger partial charge on any atom is 0.252 e. The van der Waals surface area contributed by atoms with E-state index in [0.29, 0.717) is 18.0 Å². The van der Waals surface area contributed by atoms with Gasteiger partial charge in [-0.1, -0.05) is 32.0 Å². The number of benzene rings is 1. The van der Waals surface area contributed by atoms with E-state index in [4.69, 9.17) is 4.74 Å². The van der Waals surface area contributed by atoms with Crippen molar-refractivity contribution in [1.82, 2.24) is 15.6 Å². The summed E-state index contributed by atoms with van der Waals surface area (Å²) in [6, 6.07) is 10.3. The van der Waals surface area contributed by atoms with Gasteiger partial charge >= 0.3 is 0 Å². The van der Waals surface area contributed by atoms with Gasteiger partial charge < -0.3 is 15.4 Å². The van der Waals surface area contributed by atoms with E-state index in [1.165, 1.54) is 0 Å². The molecule has 138 valence electrons. The summed E-state index contributed by atoms with van der Waals surface area (Å²) < 4.78 is 5.08. The Balaban J connectivity index is 2.03. The molecule has 26 heavy (non-hydrogen) atoms. The highest BCUT2D eigenvalue weighted by molar-refractivity contribution is 5.98.